The molecule has 1 saturated heterocycles. The maximum Gasteiger partial charge on any atom is 0.255 e. The van der Waals surface area contributed by atoms with E-state index < -0.39 is 0 Å². The SMILES string of the molecule is CNCC1CCN(C(=O)c2cc(SC)c(Cl)cc2Cl)C1. The van der Waals surface area contributed by atoms with Crippen LogP contribution in [-0.2, 0) is 0 Å². The minimum absolute atomic E-state index is 0.000528. The summed E-state index contributed by atoms with van der Waals surface area (Å²) in [6, 6.07) is 3.45. The van der Waals surface area contributed by atoms with Gasteiger partial charge in [0.2, 0.25) is 0 Å². The van der Waals surface area contributed by atoms with Gasteiger partial charge in [-0.25, -0.2) is 0 Å². The highest BCUT2D eigenvalue weighted by atomic mass is 35.5. The fraction of sp³-hybridized carbons (Fsp3) is 0.500. The number of nitrogens with zero attached hydrogens (tertiary/aromatic N) is 1. The normalized spacial score (nSPS) is 18.6. The zero-order valence-corrected chi connectivity index (χ0v) is 13.9. The number of rotatable bonds is 4. The molecule has 1 aromatic carbocycles. The van der Waals surface area contributed by atoms with Crippen molar-refractivity contribution in [2.45, 2.75) is 11.3 Å². The molecule has 0 saturated carbocycles. The van der Waals surface area contributed by atoms with Crippen molar-refractivity contribution in [1.29, 1.82) is 0 Å². The van der Waals surface area contributed by atoms with E-state index >= 15 is 0 Å². The number of nitrogens with one attached hydrogen (secondary N) is 1. The maximum atomic E-state index is 12.6. The lowest BCUT2D eigenvalue weighted by Crippen LogP contribution is -2.30. The Kier molecular flexibility index (Phi) is 5.61. The van der Waals surface area contributed by atoms with Gasteiger partial charge < -0.3 is 10.2 Å². The molecule has 110 valence electrons. The molecule has 1 N–H and O–H groups in total. The van der Waals surface area contributed by atoms with Crippen molar-refractivity contribution in [2.75, 3.05) is 32.9 Å². The summed E-state index contributed by atoms with van der Waals surface area (Å²) in [5, 5.41) is 4.18. The highest BCUT2D eigenvalue weighted by molar-refractivity contribution is 7.98. The van der Waals surface area contributed by atoms with Gasteiger partial charge in [-0.05, 0) is 44.3 Å². The Morgan fingerprint density at radius 1 is 1.45 bits per heavy atom. The number of likely N-dealkylation sites (tertiary alicyclic amines) is 1. The highest BCUT2D eigenvalue weighted by Crippen LogP contribution is 2.32. The van der Waals surface area contributed by atoms with Crippen molar-refractivity contribution in [3.8, 4) is 0 Å². The van der Waals surface area contributed by atoms with Crippen LogP contribution in [0.25, 0.3) is 0 Å². The van der Waals surface area contributed by atoms with E-state index in [4.69, 9.17) is 23.2 Å². The van der Waals surface area contributed by atoms with Gasteiger partial charge in [0.1, 0.15) is 0 Å². The van der Waals surface area contributed by atoms with Crippen LogP contribution in [0.15, 0.2) is 17.0 Å². The molecule has 1 fully saturated rings. The van der Waals surface area contributed by atoms with Crippen LogP contribution in [0.3, 0.4) is 0 Å². The van der Waals surface area contributed by atoms with E-state index in [0.717, 1.165) is 31.0 Å². The van der Waals surface area contributed by atoms with Gasteiger partial charge in [0.25, 0.3) is 5.91 Å². The molecule has 3 nitrogen and oxygen atoms in total. The average molecular weight is 333 g/mol. The Labute approximate surface area is 134 Å². The number of halogens is 2. The van der Waals surface area contributed by atoms with Crippen LogP contribution in [0.1, 0.15) is 16.8 Å². The molecule has 1 heterocycles. The summed E-state index contributed by atoms with van der Waals surface area (Å²) < 4.78 is 0. The molecule has 1 aliphatic rings. The molecule has 1 atom stereocenters. The van der Waals surface area contributed by atoms with Gasteiger partial charge in [-0.15, -0.1) is 11.8 Å². The highest BCUT2D eigenvalue weighted by Gasteiger charge is 2.28. The summed E-state index contributed by atoms with van der Waals surface area (Å²) in [6.07, 6.45) is 2.97. The summed E-state index contributed by atoms with van der Waals surface area (Å²) in [5.41, 5.74) is 0.547. The third-order valence-electron chi connectivity index (χ3n) is 3.54. The molecule has 6 heteroatoms. The Bertz CT molecular complexity index is 510. The van der Waals surface area contributed by atoms with E-state index in [-0.39, 0.29) is 5.91 Å². The Hall–Kier alpha value is -0.420. The van der Waals surface area contributed by atoms with Crippen LogP contribution in [0, 0.1) is 5.92 Å². The van der Waals surface area contributed by atoms with E-state index in [1.54, 1.807) is 12.1 Å². The smallest absolute Gasteiger partial charge is 0.255 e. The van der Waals surface area contributed by atoms with Gasteiger partial charge in [-0.1, -0.05) is 23.2 Å². The van der Waals surface area contributed by atoms with Crippen LogP contribution >= 0.6 is 35.0 Å². The van der Waals surface area contributed by atoms with E-state index in [1.165, 1.54) is 11.8 Å². The van der Waals surface area contributed by atoms with Crippen molar-refractivity contribution in [3.63, 3.8) is 0 Å². The van der Waals surface area contributed by atoms with Crippen molar-refractivity contribution >= 4 is 40.9 Å². The number of thioether (sulfide) groups is 1. The lowest BCUT2D eigenvalue weighted by Gasteiger charge is -2.18. The van der Waals surface area contributed by atoms with Crippen LogP contribution in [0.4, 0.5) is 0 Å². The zero-order valence-electron chi connectivity index (χ0n) is 11.6. The lowest BCUT2D eigenvalue weighted by atomic mass is 10.1. The number of carbonyl (C=O) groups is 1. The van der Waals surface area contributed by atoms with Crippen LogP contribution in [0.2, 0.25) is 10.0 Å². The molecule has 20 heavy (non-hydrogen) atoms. The van der Waals surface area contributed by atoms with Crippen LogP contribution in [-0.4, -0.2) is 43.7 Å². The summed E-state index contributed by atoms with van der Waals surface area (Å²) in [4.78, 5) is 15.3. The first kappa shape index (κ1) is 16.0. The number of carbonyl (C=O) groups excluding carboxylic acids is 1. The van der Waals surface area contributed by atoms with Crippen LogP contribution in [0.5, 0.6) is 0 Å². The minimum Gasteiger partial charge on any atom is -0.338 e. The topological polar surface area (TPSA) is 32.3 Å². The molecule has 0 bridgehead atoms. The third-order valence-corrected chi connectivity index (χ3v) is 5.05. The molecule has 0 spiro atoms. The molecule has 0 radical (unpaired) electrons. The first-order chi connectivity index (χ1) is 9.56. The Morgan fingerprint density at radius 2 is 2.20 bits per heavy atom. The summed E-state index contributed by atoms with van der Waals surface area (Å²) in [7, 11) is 1.94. The molecule has 1 aliphatic heterocycles. The lowest BCUT2D eigenvalue weighted by molar-refractivity contribution is 0.0787. The van der Waals surface area contributed by atoms with Crippen molar-refractivity contribution in [3.05, 3.63) is 27.7 Å². The van der Waals surface area contributed by atoms with Gasteiger partial charge in [-0.3, -0.25) is 4.79 Å². The van der Waals surface area contributed by atoms with Crippen molar-refractivity contribution in [1.82, 2.24) is 10.2 Å². The molecule has 1 aromatic rings. The van der Waals surface area contributed by atoms with Gasteiger partial charge in [0.05, 0.1) is 15.6 Å². The monoisotopic (exact) mass is 332 g/mol. The first-order valence-corrected chi connectivity index (χ1v) is 8.51. The fourth-order valence-corrected chi connectivity index (χ4v) is 3.68. The summed E-state index contributed by atoms with van der Waals surface area (Å²) >= 11 is 13.8. The largest absolute Gasteiger partial charge is 0.338 e. The standard InChI is InChI=1S/C14H18Cl2N2OS/c1-17-7-9-3-4-18(8-9)14(19)10-5-13(20-2)12(16)6-11(10)15/h5-6,9,17H,3-4,7-8H2,1-2H3. The molecular weight excluding hydrogens is 315 g/mol. The number of amides is 1. The van der Waals surface area contributed by atoms with E-state index in [0.29, 0.717) is 21.5 Å². The van der Waals surface area contributed by atoms with E-state index in [1.807, 2.05) is 18.2 Å². The predicted molar refractivity (Wildman–Crippen MR) is 86.2 cm³/mol. The Morgan fingerprint density at radius 3 is 2.85 bits per heavy atom. The second-order valence-corrected chi connectivity index (χ2v) is 6.59. The number of hydrogen-bond acceptors (Lipinski definition) is 3. The van der Waals surface area contributed by atoms with Gasteiger partial charge in [-0.2, -0.15) is 0 Å². The van der Waals surface area contributed by atoms with Crippen molar-refractivity contribution < 1.29 is 4.79 Å². The number of hydrogen-bond donors (Lipinski definition) is 1. The quantitative estimate of drug-likeness (QED) is 0.857. The first-order valence-electron chi connectivity index (χ1n) is 6.53. The fourth-order valence-electron chi connectivity index (χ4n) is 2.49. The minimum atomic E-state index is 0.000528. The van der Waals surface area contributed by atoms with Crippen molar-refractivity contribution in [2.24, 2.45) is 5.92 Å². The van der Waals surface area contributed by atoms with Gasteiger partial charge >= 0.3 is 0 Å². The molecule has 1 unspecified atom stereocenters. The summed E-state index contributed by atoms with van der Waals surface area (Å²) in [6.45, 7) is 2.51. The summed E-state index contributed by atoms with van der Waals surface area (Å²) in [5.74, 6) is 0.524. The predicted octanol–water partition coefficient (Wildman–Crippen LogP) is 3.40. The third kappa shape index (κ3) is 3.42. The van der Waals surface area contributed by atoms with E-state index in [9.17, 15) is 4.79 Å². The molecule has 1 amide bonds. The Balaban J connectivity index is 2.17. The number of benzene rings is 1. The molecule has 2 rings (SSSR count). The second kappa shape index (κ2) is 7.03. The second-order valence-electron chi connectivity index (χ2n) is 4.93. The maximum absolute atomic E-state index is 12.6. The van der Waals surface area contributed by atoms with Crippen LogP contribution < -0.4 is 5.32 Å². The molecular formula is C14H18Cl2N2OS. The van der Waals surface area contributed by atoms with Gasteiger partial charge in [0, 0.05) is 18.0 Å². The zero-order chi connectivity index (χ0) is 14.7. The molecule has 0 aliphatic carbocycles. The van der Waals surface area contributed by atoms with Gasteiger partial charge in [0.15, 0.2) is 0 Å². The average Bonchev–Trinajstić information content (AvgIpc) is 2.87. The van der Waals surface area contributed by atoms with E-state index in [2.05, 4.69) is 5.32 Å². The molecule has 0 aromatic heterocycles.